The molecule has 0 saturated heterocycles. The molecule has 0 radical (unpaired) electrons. The molecule has 0 saturated carbocycles. The number of aromatic carboxylic acids is 1. The lowest BCUT2D eigenvalue weighted by Gasteiger charge is -2.13. The van der Waals surface area contributed by atoms with Gasteiger partial charge in [-0.05, 0) is 42.5 Å². The molecule has 0 fully saturated rings. The van der Waals surface area contributed by atoms with Crippen LogP contribution >= 0.6 is 0 Å². The van der Waals surface area contributed by atoms with Crippen molar-refractivity contribution < 1.29 is 27.9 Å². The second-order valence-electron chi connectivity index (χ2n) is 5.03. The van der Waals surface area contributed by atoms with Crippen molar-refractivity contribution in [1.82, 2.24) is 0 Å². The van der Waals surface area contributed by atoms with E-state index in [0.29, 0.717) is 5.69 Å². The summed E-state index contributed by atoms with van der Waals surface area (Å²) in [5.41, 5.74) is 0.507. The molecule has 0 spiro atoms. The van der Waals surface area contributed by atoms with Gasteiger partial charge in [0.05, 0.1) is 23.3 Å². The summed E-state index contributed by atoms with van der Waals surface area (Å²) in [6.45, 7) is 1.33. The van der Waals surface area contributed by atoms with Gasteiger partial charge in [-0.3, -0.25) is 9.52 Å². The average Bonchev–Trinajstić information content (AvgIpc) is 2.54. The minimum atomic E-state index is -3.97. The van der Waals surface area contributed by atoms with Crippen LogP contribution in [0.2, 0.25) is 0 Å². The molecular formula is C16H16N2O6S. The number of hydrogen-bond donors (Lipinski definition) is 3. The first-order valence-corrected chi connectivity index (χ1v) is 8.53. The highest BCUT2D eigenvalue weighted by Crippen LogP contribution is 2.30. The Hall–Kier alpha value is -3.07. The molecular weight excluding hydrogens is 348 g/mol. The summed E-state index contributed by atoms with van der Waals surface area (Å²) >= 11 is 0. The van der Waals surface area contributed by atoms with Crippen molar-refractivity contribution in [2.75, 3.05) is 17.1 Å². The normalized spacial score (nSPS) is 10.8. The summed E-state index contributed by atoms with van der Waals surface area (Å²) < 4.78 is 32.5. The number of ether oxygens (including phenoxy) is 1. The molecule has 3 N–H and O–H groups in total. The lowest BCUT2D eigenvalue weighted by molar-refractivity contribution is -0.114. The fourth-order valence-electron chi connectivity index (χ4n) is 2.05. The first-order chi connectivity index (χ1) is 11.7. The summed E-state index contributed by atoms with van der Waals surface area (Å²) in [5, 5.41) is 11.4. The van der Waals surface area contributed by atoms with Crippen molar-refractivity contribution in [3.8, 4) is 5.75 Å². The molecule has 0 aromatic heterocycles. The van der Waals surface area contributed by atoms with Gasteiger partial charge in [-0.2, -0.15) is 0 Å². The maximum atomic E-state index is 12.5. The third-order valence-corrected chi connectivity index (χ3v) is 4.56. The van der Waals surface area contributed by atoms with Crippen LogP contribution in [0.5, 0.6) is 5.75 Å². The van der Waals surface area contributed by atoms with Crippen LogP contribution < -0.4 is 14.8 Å². The Kier molecular flexibility index (Phi) is 5.28. The fourth-order valence-corrected chi connectivity index (χ4v) is 3.11. The highest BCUT2D eigenvalue weighted by molar-refractivity contribution is 7.92. The number of nitrogens with one attached hydrogen (secondary N) is 2. The molecule has 2 aromatic carbocycles. The van der Waals surface area contributed by atoms with Crippen LogP contribution in [-0.4, -0.2) is 32.5 Å². The molecule has 0 heterocycles. The molecule has 1 amide bonds. The van der Waals surface area contributed by atoms with Crippen molar-refractivity contribution in [2.24, 2.45) is 0 Å². The van der Waals surface area contributed by atoms with E-state index in [1.54, 1.807) is 6.07 Å². The predicted molar refractivity (Wildman–Crippen MR) is 91.5 cm³/mol. The number of carboxylic acids is 1. The molecule has 25 heavy (non-hydrogen) atoms. The molecule has 132 valence electrons. The Balaban J connectivity index is 2.35. The second kappa shape index (κ2) is 7.22. The number of carboxylic acid groups (broad SMARTS) is 1. The van der Waals surface area contributed by atoms with E-state index in [0.717, 1.165) is 0 Å². The second-order valence-corrected chi connectivity index (χ2v) is 6.71. The Labute approximate surface area is 144 Å². The van der Waals surface area contributed by atoms with E-state index in [9.17, 15) is 18.0 Å². The van der Waals surface area contributed by atoms with Crippen LogP contribution in [0, 0.1) is 0 Å². The maximum absolute atomic E-state index is 12.5. The van der Waals surface area contributed by atoms with Crippen LogP contribution in [0.25, 0.3) is 0 Å². The topological polar surface area (TPSA) is 122 Å². The van der Waals surface area contributed by atoms with E-state index in [-0.39, 0.29) is 27.8 Å². The number of sulfonamides is 1. The van der Waals surface area contributed by atoms with Crippen molar-refractivity contribution in [3.63, 3.8) is 0 Å². The monoisotopic (exact) mass is 364 g/mol. The predicted octanol–water partition coefficient (Wildman–Crippen LogP) is 2.15. The van der Waals surface area contributed by atoms with E-state index >= 15 is 0 Å². The summed E-state index contributed by atoms with van der Waals surface area (Å²) in [6.07, 6.45) is 0. The summed E-state index contributed by atoms with van der Waals surface area (Å²) in [7, 11) is -2.59. The average molecular weight is 364 g/mol. The van der Waals surface area contributed by atoms with E-state index in [4.69, 9.17) is 9.84 Å². The SMILES string of the molecule is COc1ccc(NC(C)=O)cc1NS(=O)(=O)c1ccc(C(=O)O)cc1. The zero-order valence-corrected chi connectivity index (χ0v) is 14.3. The molecule has 0 bridgehead atoms. The number of benzene rings is 2. The Morgan fingerprint density at radius 3 is 2.24 bits per heavy atom. The summed E-state index contributed by atoms with van der Waals surface area (Å²) in [6, 6.07) is 9.27. The number of rotatable bonds is 6. The minimum Gasteiger partial charge on any atom is -0.495 e. The number of anilines is 2. The van der Waals surface area contributed by atoms with Gasteiger partial charge in [0.2, 0.25) is 5.91 Å². The molecule has 0 aliphatic heterocycles. The maximum Gasteiger partial charge on any atom is 0.335 e. The number of carbonyl (C=O) groups is 2. The van der Waals surface area contributed by atoms with Gasteiger partial charge in [-0.25, -0.2) is 13.2 Å². The molecule has 0 atom stereocenters. The molecule has 2 aromatic rings. The first-order valence-electron chi connectivity index (χ1n) is 7.05. The van der Waals surface area contributed by atoms with Crippen LogP contribution in [0.3, 0.4) is 0 Å². The smallest absolute Gasteiger partial charge is 0.335 e. The third kappa shape index (κ3) is 4.48. The van der Waals surface area contributed by atoms with E-state index in [2.05, 4.69) is 10.0 Å². The van der Waals surface area contributed by atoms with E-state index < -0.39 is 16.0 Å². The highest BCUT2D eigenvalue weighted by atomic mass is 32.2. The largest absolute Gasteiger partial charge is 0.495 e. The van der Waals surface area contributed by atoms with E-state index in [1.807, 2.05) is 0 Å². The van der Waals surface area contributed by atoms with Gasteiger partial charge in [0, 0.05) is 12.6 Å². The number of hydrogen-bond acceptors (Lipinski definition) is 5. The first kappa shape index (κ1) is 18.3. The zero-order chi connectivity index (χ0) is 18.6. The van der Waals surface area contributed by atoms with Crippen LogP contribution in [0.15, 0.2) is 47.4 Å². The van der Waals surface area contributed by atoms with Crippen LogP contribution in [-0.2, 0) is 14.8 Å². The van der Waals surface area contributed by atoms with Gasteiger partial charge >= 0.3 is 5.97 Å². The van der Waals surface area contributed by atoms with Gasteiger partial charge < -0.3 is 15.2 Å². The number of methoxy groups -OCH3 is 1. The zero-order valence-electron chi connectivity index (χ0n) is 13.4. The number of amides is 1. The standard InChI is InChI=1S/C16H16N2O6S/c1-10(19)17-12-5-8-15(24-2)14(9-12)18-25(22,23)13-6-3-11(4-7-13)16(20)21/h3-9,18H,1-2H3,(H,17,19)(H,20,21). The van der Waals surface area contributed by atoms with Crippen molar-refractivity contribution >= 4 is 33.3 Å². The Morgan fingerprint density at radius 2 is 1.72 bits per heavy atom. The summed E-state index contributed by atoms with van der Waals surface area (Å²) in [4.78, 5) is 21.9. The molecule has 8 nitrogen and oxygen atoms in total. The fraction of sp³-hybridized carbons (Fsp3) is 0.125. The van der Waals surface area contributed by atoms with Crippen molar-refractivity contribution in [2.45, 2.75) is 11.8 Å². The van der Waals surface area contributed by atoms with Gasteiger partial charge in [0.15, 0.2) is 0 Å². The molecule has 0 aliphatic carbocycles. The molecule has 0 unspecified atom stereocenters. The summed E-state index contributed by atoms with van der Waals surface area (Å²) in [5.74, 6) is -1.19. The lowest BCUT2D eigenvalue weighted by Crippen LogP contribution is -2.14. The lowest BCUT2D eigenvalue weighted by atomic mass is 10.2. The minimum absolute atomic E-state index is 0.0239. The van der Waals surface area contributed by atoms with Gasteiger partial charge in [0.1, 0.15) is 5.75 Å². The van der Waals surface area contributed by atoms with Gasteiger partial charge in [-0.15, -0.1) is 0 Å². The van der Waals surface area contributed by atoms with Crippen LogP contribution in [0.1, 0.15) is 17.3 Å². The molecule has 2 rings (SSSR count). The third-order valence-electron chi connectivity index (χ3n) is 3.18. The quantitative estimate of drug-likeness (QED) is 0.722. The molecule has 9 heteroatoms. The van der Waals surface area contributed by atoms with Gasteiger partial charge in [0.25, 0.3) is 10.0 Å². The highest BCUT2D eigenvalue weighted by Gasteiger charge is 2.18. The van der Waals surface area contributed by atoms with E-state index in [1.165, 1.54) is 50.4 Å². The number of carbonyl (C=O) groups excluding carboxylic acids is 1. The van der Waals surface area contributed by atoms with Crippen molar-refractivity contribution in [3.05, 3.63) is 48.0 Å². The van der Waals surface area contributed by atoms with Gasteiger partial charge in [-0.1, -0.05) is 0 Å². The Bertz CT molecular complexity index is 907. The van der Waals surface area contributed by atoms with Crippen LogP contribution in [0.4, 0.5) is 11.4 Å². The van der Waals surface area contributed by atoms with Crippen molar-refractivity contribution in [1.29, 1.82) is 0 Å². The Morgan fingerprint density at radius 1 is 1.08 bits per heavy atom. The molecule has 0 aliphatic rings.